The SMILES string of the molecule is C[C@@H]1[C@H](O)[C@@H](C)/C=C/C=C/C=C/C=C/C=C/C=C/C=C/[C@H](O[C@@H]2O[C@@H](C)[C@@H](O)[C@@H](N)[C@H]2O)C[C@@H]2O[C@@](O)(C[C@@H](O)C[C@@H](O)[C@H](O)CC[C@@H](O)C[C@@H](O)CC(=O)O[C@H]1C)C[C@H](O)[C@H]2C(=O)N(CCCN(C)C)C(=O)NCCCN(C)C. The molecule has 13 N–H and O–H groups in total. The molecule has 0 unspecified atom stereocenters. The molecule has 19 atom stereocenters. The lowest BCUT2D eigenvalue weighted by molar-refractivity contribution is -0.307. The zero-order valence-electron chi connectivity index (χ0n) is 48.1. The summed E-state index contributed by atoms with van der Waals surface area (Å²) in [5, 5.41) is 114. The first-order valence-electron chi connectivity index (χ1n) is 28.1. The quantitative estimate of drug-likeness (QED) is 0.102. The fraction of sp³-hybridized carbons (Fsp3) is 0.707. The van der Waals surface area contributed by atoms with Crippen LogP contribution in [0.2, 0.25) is 0 Å². The van der Waals surface area contributed by atoms with E-state index in [2.05, 4.69) is 5.32 Å². The van der Waals surface area contributed by atoms with Crippen LogP contribution in [0, 0.1) is 17.8 Å². The number of ether oxygens (including phenoxy) is 4. The van der Waals surface area contributed by atoms with E-state index in [0.29, 0.717) is 25.9 Å². The highest BCUT2D eigenvalue weighted by atomic mass is 16.7. The van der Waals surface area contributed by atoms with Gasteiger partial charge in [-0.05, 0) is 87.2 Å². The summed E-state index contributed by atoms with van der Waals surface area (Å²) in [6, 6.07) is -1.89. The highest BCUT2D eigenvalue weighted by molar-refractivity contribution is 5.96. The van der Waals surface area contributed by atoms with Gasteiger partial charge in [0.15, 0.2) is 12.1 Å². The standard InChI is InChI=1S/C58H97N5O17/c1-37-23-19-17-15-13-11-9-10-12-14-16-18-20-24-44(79-56-54(73)51(59)53(72)40(4)78-56)34-48-50(55(74)63(30-22-29-62(7)8)57(75)60-27-21-28-61(5)6)47(69)36-58(76,80-48)35-43(66)32-46(68)45(67)26-25-41(64)31-42(65)33-49(70)77-39(3)38(2)52(37)71/h9-20,23-24,37-48,50-54,56,64-69,71-73,76H,21-22,25-36,59H2,1-8H3,(H,60,75)/b10-9+,13-11+,14-12+,17-15+,18-16+,23-19+,24-20+/t37-,38-,39-,40-,41+,42+,43-,44-,45+,46+,47-,48-,50+,51+,52+,53+,54+,56-,58-/m0/s1. The highest BCUT2D eigenvalue weighted by Crippen LogP contribution is 2.39. The van der Waals surface area contributed by atoms with Crippen LogP contribution in [0.15, 0.2) is 85.1 Å². The summed E-state index contributed by atoms with van der Waals surface area (Å²) in [5.74, 6) is -6.23. The molecule has 3 aliphatic heterocycles. The monoisotopic (exact) mass is 1140 g/mol. The number of aliphatic hydroxyl groups is 10. The molecule has 2 saturated heterocycles. The Morgan fingerprint density at radius 2 is 1.24 bits per heavy atom. The van der Waals surface area contributed by atoms with E-state index >= 15 is 0 Å². The van der Waals surface area contributed by atoms with Crippen LogP contribution in [0.3, 0.4) is 0 Å². The minimum atomic E-state index is -2.39. The fourth-order valence-electron chi connectivity index (χ4n) is 9.69. The van der Waals surface area contributed by atoms with E-state index in [1.54, 1.807) is 75.5 Å². The van der Waals surface area contributed by atoms with Gasteiger partial charge in [-0.1, -0.05) is 98.9 Å². The summed E-state index contributed by atoms with van der Waals surface area (Å²) >= 11 is 0. The third-order valence-electron chi connectivity index (χ3n) is 14.6. The molecule has 0 spiro atoms. The number of hydrogen-bond donors (Lipinski definition) is 12. The van der Waals surface area contributed by atoms with E-state index in [4.69, 9.17) is 24.7 Å². The van der Waals surface area contributed by atoms with Crippen LogP contribution in [-0.4, -0.2) is 236 Å². The molecule has 3 amide bonds. The zero-order chi connectivity index (χ0) is 59.7. The van der Waals surface area contributed by atoms with Crippen LogP contribution in [0.4, 0.5) is 4.79 Å². The molecule has 2 bridgehead atoms. The van der Waals surface area contributed by atoms with Gasteiger partial charge in [-0.15, -0.1) is 0 Å². The summed E-state index contributed by atoms with van der Waals surface area (Å²) in [7, 11) is 7.46. The fourth-order valence-corrected chi connectivity index (χ4v) is 9.69. The molecule has 80 heavy (non-hydrogen) atoms. The van der Waals surface area contributed by atoms with E-state index in [1.165, 1.54) is 0 Å². The lowest BCUT2D eigenvalue weighted by Gasteiger charge is -2.46. The minimum Gasteiger partial charge on any atom is -0.462 e. The number of esters is 1. The van der Waals surface area contributed by atoms with Crippen LogP contribution < -0.4 is 11.1 Å². The van der Waals surface area contributed by atoms with Crippen molar-refractivity contribution in [1.29, 1.82) is 0 Å². The molecule has 0 aromatic heterocycles. The van der Waals surface area contributed by atoms with Gasteiger partial charge in [0, 0.05) is 50.6 Å². The molecule has 3 rings (SSSR count). The van der Waals surface area contributed by atoms with Gasteiger partial charge in [-0.25, -0.2) is 4.79 Å². The van der Waals surface area contributed by atoms with Crippen molar-refractivity contribution in [3.05, 3.63) is 85.1 Å². The van der Waals surface area contributed by atoms with Crippen LogP contribution in [0.5, 0.6) is 0 Å². The summed E-state index contributed by atoms with van der Waals surface area (Å²) in [4.78, 5) is 46.4. The van der Waals surface area contributed by atoms with Crippen molar-refractivity contribution in [2.24, 2.45) is 23.5 Å². The summed E-state index contributed by atoms with van der Waals surface area (Å²) in [6.45, 7) is 8.11. The van der Waals surface area contributed by atoms with E-state index in [9.17, 15) is 65.4 Å². The van der Waals surface area contributed by atoms with Gasteiger partial charge in [0.1, 0.15) is 12.2 Å². The summed E-state index contributed by atoms with van der Waals surface area (Å²) in [6.07, 6.45) is 4.14. The van der Waals surface area contributed by atoms with Crippen molar-refractivity contribution in [1.82, 2.24) is 20.0 Å². The number of urea groups is 1. The predicted octanol–water partition coefficient (Wildman–Crippen LogP) is 1.07. The molecule has 0 saturated carbocycles. The highest BCUT2D eigenvalue weighted by Gasteiger charge is 2.52. The smallest absolute Gasteiger partial charge is 0.324 e. The zero-order valence-corrected chi connectivity index (χ0v) is 48.1. The number of nitrogens with one attached hydrogen (secondary N) is 1. The average Bonchev–Trinajstić information content (AvgIpc) is 3.37. The maximum absolute atomic E-state index is 14.9. The number of carbonyl (C=O) groups excluding carboxylic acids is 3. The second-order valence-corrected chi connectivity index (χ2v) is 22.3. The molecule has 3 heterocycles. The predicted molar refractivity (Wildman–Crippen MR) is 301 cm³/mol. The number of aliphatic hydroxyl groups excluding tert-OH is 9. The molecular formula is C58H97N5O17. The Bertz CT molecular complexity index is 2050. The van der Waals surface area contributed by atoms with Gasteiger partial charge in [0.2, 0.25) is 5.91 Å². The number of allylic oxidation sites excluding steroid dienone is 12. The Balaban J connectivity index is 2.05. The Labute approximate surface area is 473 Å². The van der Waals surface area contributed by atoms with Crippen molar-refractivity contribution >= 4 is 17.9 Å². The number of nitrogens with zero attached hydrogens (tertiary/aromatic N) is 3. The Hall–Kier alpha value is -4.05. The van der Waals surface area contributed by atoms with Gasteiger partial charge in [-0.2, -0.15) is 0 Å². The Kier molecular flexibility index (Phi) is 31.5. The summed E-state index contributed by atoms with van der Waals surface area (Å²) in [5.41, 5.74) is 6.18. The third kappa shape index (κ3) is 24.8. The number of amides is 3. The Morgan fingerprint density at radius 3 is 1.84 bits per heavy atom. The molecule has 0 aromatic carbocycles. The van der Waals surface area contributed by atoms with E-state index in [0.717, 1.165) is 4.90 Å². The second-order valence-electron chi connectivity index (χ2n) is 22.3. The first kappa shape index (κ1) is 70.2. The maximum Gasteiger partial charge on any atom is 0.324 e. The first-order chi connectivity index (χ1) is 37.7. The van der Waals surface area contributed by atoms with Crippen molar-refractivity contribution in [2.45, 2.75) is 189 Å². The first-order valence-corrected chi connectivity index (χ1v) is 28.1. The van der Waals surface area contributed by atoms with Crippen molar-refractivity contribution in [3.8, 4) is 0 Å². The third-order valence-corrected chi connectivity index (χ3v) is 14.6. The molecule has 22 heteroatoms. The molecule has 2 fully saturated rings. The van der Waals surface area contributed by atoms with Crippen LogP contribution in [0.25, 0.3) is 0 Å². The lowest BCUT2D eigenvalue weighted by Crippen LogP contribution is -2.62. The molecule has 0 aromatic rings. The molecule has 22 nitrogen and oxygen atoms in total. The van der Waals surface area contributed by atoms with Gasteiger partial charge in [-0.3, -0.25) is 14.5 Å². The number of rotatable bonds is 11. The number of imide groups is 1. The van der Waals surface area contributed by atoms with Crippen LogP contribution >= 0.6 is 0 Å². The van der Waals surface area contributed by atoms with Gasteiger partial charge >= 0.3 is 12.0 Å². The van der Waals surface area contributed by atoms with Crippen molar-refractivity contribution < 1.29 is 84.4 Å². The second kappa shape index (κ2) is 35.8. The molecule has 456 valence electrons. The van der Waals surface area contributed by atoms with Gasteiger partial charge in [0.25, 0.3) is 0 Å². The molecule has 0 aliphatic carbocycles. The largest absolute Gasteiger partial charge is 0.462 e. The number of nitrogens with two attached hydrogens (primary N) is 1. The maximum atomic E-state index is 14.9. The number of carbonyl (C=O) groups is 3. The van der Waals surface area contributed by atoms with Crippen LogP contribution in [0.1, 0.15) is 91.9 Å². The van der Waals surface area contributed by atoms with Gasteiger partial charge in [0.05, 0.1) is 85.5 Å². The molecular weight excluding hydrogens is 1040 g/mol. The topological polar surface area (TPSA) is 338 Å². The number of cyclic esters (lactones) is 1. The minimum absolute atomic E-state index is 0.0506. The molecule has 3 aliphatic rings. The average molecular weight is 1140 g/mol. The Morgan fingerprint density at radius 1 is 0.662 bits per heavy atom. The van der Waals surface area contributed by atoms with E-state index < -0.39 is 153 Å². The number of fused-ring (bicyclic) bond motifs is 2. The summed E-state index contributed by atoms with van der Waals surface area (Å²) < 4.78 is 24.1. The van der Waals surface area contributed by atoms with E-state index in [-0.39, 0.29) is 44.7 Å². The van der Waals surface area contributed by atoms with Crippen molar-refractivity contribution in [3.63, 3.8) is 0 Å². The van der Waals surface area contributed by atoms with E-state index in [1.807, 2.05) is 75.3 Å². The van der Waals surface area contributed by atoms with Crippen LogP contribution in [-0.2, 0) is 28.5 Å². The van der Waals surface area contributed by atoms with Gasteiger partial charge < -0.3 is 90.9 Å². The van der Waals surface area contributed by atoms with Crippen molar-refractivity contribution in [2.75, 3.05) is 54.4 Å². The molecule has 0 radical (unpaired) electrons. The normalized spacial score (nSPS) is 39.2. The lowest BCUT2D eigenvalue weighted by atomic mass is 9.81. The number of hydrogen-bond acceptors (Lipinski definition) is 20.